The highest BCUT2D eigenvalue weighted by Crippen LogP contribution is 2.37. The first kappa shape index (κ1) is 15.5. The molecule has 0 unspecified atom stereocenters. The molecule has 1 aliphatic carbocycles. The second-order valence-corrected chi connectivity index (χ2v) is 6.38. The molecule has 6 heteroatoms. The van der Waals surface area contributed by atoms with E-state index in [0.717, 1.165) is 35.6 Å². The van der Waals surface area contributed by atoms with Crippen molar-refractivity contribution in [2.75, 3.05) is 7.05 Å². The summed E-state index contributed by atoms with van der Waals surface area (Å²) in [4.78, 5) is 23.0. The molecule has 2 heterocycles. The van der Waals surface area contributed by atoms with E-state index in [1.54, 1.807) is 24.2 Å². The Morgan fingerprint density at radius 2 is 2.04 bits per heavy atom. The summed E-state index contributed by atoms with van der Waals surface area (Å²) in [6.07, 6.45) is 3.90. The SMILES string of the molecule is CN(Cc1cc(-c2ccccc2)n[nH]1)C(=O)c1ccnc(C2CC2)n1. The summed E-state index contributed by atoms with van der Waals surface area (Å²) >= 11 is 0. The predicted molar refractivity (Wildman–Crippen MR) is 93.8 cm³/mol. The number of carbonyl (C=O) groups excluding carboxylic acids is 1. The second kappa shape index (κ2) is 6.47. The van der Waals surface area contributed by atoms with Crippen molar-refractivity contribution in [1.82, 2.24) is 25.1 Å². The molecule has 3 aromatic rings. The lowest BCUT2D eigenvalue weighted by molar-refractivity contribution is 0.0777. The number of amides is 1. The lowest BCUT2D eigenvalue weighted by Crippen LogP contribution is -2.27. The van der Waals surface area contributed by atoms with E-state index in [1.807, 2.05) is 36.4 Å². The van der Waals surface area contributed by atoms with Crippen LogP contribution < -0.4 is 0 Å². The van der Waals surface area contributed by atoms with Gasteiger partial charge in [-0.3, -0.25) is 9.89 Å². The molecule has 1 aromatic carbocycles. The van der Waals surface area contributed by atoms with Gasteiger partial charge in [-0.05, 0) is 25.0 Å². The van der Waals surface area contributed by atoms with Gasteiger partial charge in [0.15, 0.2) is 0 Å². The second-order valence-electron chi connectivity index (χ2n) is 6.38. The lowest BCUT2D eigenvalue weighted by atomic mass is 10.1. The van der Waals surface area contributed by atoms with E-state index >= 15 is 0 Å². The number of rotatable bonds is 5. The van der Waals surface area contributed by atoms with E-state index in [4.69, 9.17) is 0 Å². The van der Waals surface area contributed by atoms with Crippen molar-refractivity contribution in [2.45, 2.75) is 25.3 Å². The highest BCUT2D eigenvalue weighted by molar-refractivity contribution is 5.92. The number of H-pyrrole nitrogens is 1. The highest BCUT2D eigenvalue weighted by Gasteiger charge is 2.27. The molecule has 126 valence electrons. The van der Waals surface area contributed by atoms with Crippen LogP contribution in [0.25, 0.3) is 11.3 Å². The van der Waals surface area contributed by atoms with Crippen LogP contribution in [-0.2, 0) is 6.54 Å². The minimum Gasteiger partial charge on any atom is -0.334 e. The van der Waals surface area contributed by atoms with Crippen LogP contribution in [0.15, 0.2) is 48.7 Å². The molecule has 0 atom stereocenters. The molecule has 0 saturated heterocycles. The van der Waals surface area contributed by atoms with Crippen molar-refractivity contribution < 1.29 is 4.79 Å². The zero-order chi connectivity index (χ0) is 17.2. The fraction of sp³-hybridized carbons (Fsp3) is 0.263. The summed E-state index contributed by atoms with van der Waals surface area (Å²) in [7, 11) is 1.77. The number of hydrogen-bond acceptors (Lipinski definition) is 4. The average molecular weight is 333 g/mol. The fourth-order valence-corrected chi connectivity index (χ4v) is 2.75. The number of aromatic amines is 1. The minimum atomic E-state index is -0.111. The Morgan fingerprint density at radius 3 is 2.80 bits per heavy atom. The molecular weight excluding hydrogens is 314 g/mol. The van der Waals surface area contributed by atoms with Gasteiger partial charge in [-0.15, -0.1) is 0 Å². The van der Waals surface area contributed by atoms with Gasteiger partial charge in [-0.25, -0.2) is 9.97 Å². The van der Waals surface area contributed by atoms with Gasteiger partial charge in [0.25, 0.3) is 5.91 Å². The van der Waals surface area contributed by atoms with E-state index in [9.17, 15) is 4.79 Å². The number of nitrogens with zero attached hydrogens (tertiary/aromatic N) is 4. The van der Waals surface area contributed by atoms with E-state index in [2.05, 4.69) is 20.2 Å². The van der Waals surface area contributed by atoms with Gasteiger partial charge in [0, 0.05) is 24.7 Å². The summed E-state index contributed by atoms with van der Waals surface area (Å²) in [5, 5.41) is 7.33. The molecule has 6 nitrogen and oxygen atoms in total. The summed E-state index contributed by atoms with van der Waals surface area (Å²) in [5.41, 5.74) is 3.24. The molecule has 1 aliphatic rings. The molecule has 25 heavy (non-hydrogen) atoms. The molecule has 0 aliphatic heterocycles. The third-order valence-electron chi connectivity index (χ3n) is 4.29. The van der Waals surface area contributed by atoms with Crippen molar-refractivity contribution in [2.24, 2.45) is 0 Å². The van der Waals surface area contributed by atoms with Crippen LogP contribution in [0.1, 0.15) is 40.8 Å². The Labute approximate surface area is 145 Å². The van der Waals surface area contributed by atoms with Crippen LogP contribution in [-0.4, -0.2) is 38.0 Å². The quantitative estimate of drug-likeness (QED) is 0.779. The van der Waals surface area contributed by atoms with Crippen LogP contribution in [0, 0.1) is 0 Å². The molecule has 1 amide bonds. The van der Waals surface area contributed by atoms with Crippen LogP contribution in [0.2, 0.25) is 0 Å². The predicted octanol–water partition coefficient (Wildman–Crippen LogP) is 3.02. The third kappa shape index (κ3) is 3.42. The van der Waals surface area contributed by atoms with Gasteiger partial charge in [0.05, 0.1) is 17.9 Å². The van der Waals surface area contributed by atoms with Crippen LogP contribution in [0.3, 0.4) is 0 Å². The van der Waals surface area contributed by atoms with E-state index < -0.39 is 0 Å². The maximum atomic E-state index is 12.6. The monoisotopic (exact) mass is 333 g/mol. The Hall–Kier alpha value is -3.02. The van der Waals surface area contributed by atoms with Crippen LogP contribution in [0.4, 0.5) is 0 Å². The first-order valence-corrected chi connectivity index (χ1v) is 8.39. The van der Waals surface area contributed by atoms with Gasteiger partial charge in [-0.1, -0.05) is 30.3 Å². The number of carbonyl (C=O) groups is 1. The molecule has 4 rings (SSSR count). The molecule has 1 N–H and O–H groups in total. The van der Waals surface area contributed by atoms with Crippen molar-refractivity contribution in [3.63, 3.8) is 0 Å². The van der Waals surface area contributed by atoms with Crippen molar-refractivity contribution in [3.8, 4) is 11.3 Å². The molecule has 1 fully saturated rings. The molecule has 0 bridgehead atoms. The number of aromatic nitrogens is 4. The van der Waals surface area contributed by atoms with Crippen LogP contribution in [0.5, 0.6) is 0 Å². The van der Waals surface area contributed by atoms with Gasteiger partial charge < -0.3 is 4.90 Å². The summed E-state index contributed by atoms with van der Waals surface area (Å²) in [6.45, 7) is 0.446. The van der Waals surface area contributed by atoms with Crippen molar-refractivity contribution in [3.05, 3.63) is 65.9 Å². The number of benzene rings is 1. The fourth-order valence-electron chi connectivity index (χ4n) is 2.75. The van der Waals surface area contributed by atoms with Gasteiger partial charge in [-0.2, -0.15) is 5.10 Å². The molecule has 0 spiro atoms. The summed E-state index contributed by atoms with van der Waals surface area (Å²) in [5.74, 6) is 1.10. The smallest absolute Gasteiger partial charge is 0.272 e. The Morgan fingerprint density at radius 1 is 1.24 bits per heavy atom. The average Bonchev–Trinajstić information content (AvgIpc) is 3.41. The van der Waals surface area contributed by atoms with E-state index in [1.165, 1.54) is 0 Å². The topological polar surface area (TPSA) is 74.8 Å². The third-order valence-corrected chi connectivity index (χ3v) is 4.29. The van der Waals surface area contributed by atoms with Crippen molar-refractivity contribution in [1.29, 1.82) is 0 Å². The maximum Gasteiger partial charge on any atom is 0.272 e. The zero-order valence-corrected chi connectivity index (χ0v) is 14.0. The van der Waals surface area contributed by atoms with Gasteiger partial charge >= 0.3 is 0 Å². The van der Waals surface area contributed by atoms with E-state index in [0.29, 0.717) is 18.2 Å². The molecule has 2 aromatic heterocycles. The maximum absolute atomic E-state index is 12.6. The molecular formula is C19H19N5O. The van der Waals surface area contributed by atoms with Gasteiger partial charge in [0.2, 0.25) is 0 Å². The molecule has 1 saturated carbocycles. The first-order valence-electron chi connectivity index (χ1n) is 8.39. The zero-order valence-electron chi connectivity index (χ0n) is 14.0. The summed E-state index contributed by atoms with van der Waals surface area (Å²) in [6, 6.07) is 13.6. The number of nitrogens with one attached hydrogen (secondary N) is 1. The number of hydrogen-bond donors (Lipinski definition) is 1. The van der Waals surface area contributed by atoms with Crippen molar-refractivity contribution >= 4 is 5.91 Å². The van der Waals surface area contributed by atoms with Gasteiger partial charge in [0.1, 0.15) is 11.5 Å². The van der Waals surface area contributed by atoms with Crippen LogP contribution >= 0.6 is 0 Å². The Bertz CT molecular complexity index is 886. The van der Waals surface area contributed by atoms with E-state index in [-0.39, 0.29) is 5.91 Å². The Balaban J connectivity index is 1.46. The standard InChI is InChI=1S/C19H19N5O/c1-24(19(25)16-9-10-20-18(21-16)14-7-8-14)12-15-11-17(23-22-15)13-5-3-2-4-6-13/h2-6,9-11,14H,7-8,12H2,1H3,(H,22,23). The summed E-state index contributed by atoms with van der Waals surface area (Å²) < 4.78 is 0. The largest absolute Gasteiger partial charge is 0.334 e. The molecule has 0 radical (unpaired) electrons. The highest BCUT2D eigenvalue weighted by atomic mass is 16.2. The first-order chi connectivity index (χ1) is 12.2. The lowest BCUT2D eigenvalue weighted by Gasteiger charge is -2.15. The Kier molecular flexibility index (Phi) is 4.01. The minimum absolute atomic E-state index is 0.111. The normalized spacial score (nSPS) is 13.6.